The van der Waals surface area contributed by atoms with Crippen molar-refractivity contribution in [2.24, 2.45) is 0 Å². The van der Waals surface area contributed by atoms with Crippen molar-refractivity contribution in [2.45, 2.75) is 13.5 Å². The lowest BCUT2D eigenvalue weighted by Gasteiger charge is -2.12. The van der Waals surface area contributed by atoms with E-state index < -0.39 is 28.4 Å². The summed E-state index contributed by atoms with van der Waals surface area (Å²) in [6, 6.07) is 8.95. The molecular weight excluding hydrogens is 445 g/mol. The van der Waals surface area contributed by atoms with E-state index in [4.69, 9.17) is 4.42 Å². The Morgan fingerprint density at radius 2 is 1.93 bits per heavy atom. The van der Waals surface area contributed by atoms with E-state index >= 15 is 0 Å². The van der Waals surface area contributed by atoms with Crippen LogP contribution in [-0.4, -0.2) is 15.6 Å². The van der Waals surface area contributed by atoms with Gasteiger partial charge in [-0.3, -0.25) is 4.79 Å². The SMILES string of the molecule is CCn1cc(C(=O)O)c(=O)c2cc(F)c(-c3cc4cc(Br)ccc4oc3=O)cc21. The van der Waals surface area contributed by atoms with Gasteiger partial charge in [-0.2, -0.15) is 0 Å². The summed E-state index contributed by atoms with van der Waals surface area (Å²) in [5, 5.41) is 9.77. The molecule has 2 aromatic heterocycles. The number of carboxylic acid groups (broad SMARTS) is 1. The molecule has 2 heterocycles. The van der Waals surface area contributed by atoms with E-state index in [9.17, 15) is 23.9 Å². The number of fused-ring (bicyclic) bond motifs is 2. The number of aromatic carboxylic acids is 1. The number of carboxylic acids is 1. The summed E-state index contributed by atoms with van der Waals surface area (Å²) in [6.07, 6.45) is 1.22. The molecule has 1 N–H and O–H groups in total. The molecule has 2 aromatic carbocycles. The molecule has 0 fully saturated rings. The second-order valence-corrected chi connectivity index (χ2v) is 7.36. The third-order valence-electron chi connectivity index (χ3n) is 4.72. The highest BCUT2D eigenvalue weighted by atomic mass is 79.9. The van der Waals surface area contributed by atoms with Crippen LogP contribution in [0.2, 0.25) is 0 Å². The molecule has 0 saturated carbocycles. The van der Waals surface area contributed by atoms with E-state index in [0.29, 0.717) is 23.0 Å². The molecule has 29 heavy (non-hydrogen) atoms. The van der Waals surface area contributed by atoms with Crippen molar-refractivity contribution < 1.29 is 18.7 Å². The topological polar surface area (TPSA) is 89.5 Å². The second-order valence-electron chi connectivity index (χ2n) is 6.44. The third kappa shape index (κ3) is 3.15. The first-order valence-corrected chi connectivity index (χ1v) is 9.43. The quantitative estimate of drug-likeness (QED) is 0.460. The summed E-state index contributed by atoms with van der Waals surface area (Å²) in [6.45, 7) is 2.11. The first-order valence-electron chi connectivity index (χ1n) is 8.64. The Kier molecular flexibility index (Phi) is 4.58. The van der Waals surface area contributed by atoms with Crippen molar-refractivity contribution >= 4 is 43.8 Å². The van der Waals surface area contributed by atoms with Crippen LogP contribution in [0.25, 0.3) is 33.0 Å². The fraction of sp³-hybridized carbons (Fsp3) is 0.0952. The fourth-order valence-electron chi connectivity index (χ4n) is 3.31. The molecule has 8 heteroatoms. The van der Waals surface area contributed by atoms with Crippen LogP contribution in [0.4, 0.5) is 4.39 Å². The Bertz CT molecular complexity index is 1440. The minimum atomic E-state index is -1.38. The van der Waals surface area contributed by atoms with Gasteiger partial charge in [0.15, 0.2) is 0 Å². The molecule has 0 amide bonds. The number of aromatic nitrogens is 1. The van der Waals surface area contributed by atoms with Gasteiger partial charge in [0.05, 0.1) is 11.1 Å². The number of hydrogen-bond donors (Lipinski definition) is 1. The van der Waals surface area contributed by atoms with Gasteiger partial charge < -0.3 is 14.1 Å². The number of hydrogen-bond acceptors (Lipinski definition) is 4. The first kappa shape index (κ1) is 19.1. The summed E-state index contributed by atoms with van der Waals surface area (Å²) < 4.78 is 22.5. The Hall–Kier alpha value is -3.26. The van der Waals surface area contributed by atoms with E-state index in [-0.39, 0.29) is 16.5 Å². The molecule has 4 aromatic rings. The molecule has 0 aliphatic rings. The lowest BCUT2D eigenvalue weighted by Crippen LogP contribution is -2.19. The monoisotopic (exact) mass is 457 g/mol. The van der Waals surface area contributed by atoms with Gasteiger partial charge in [-0.05, 0) is 43.3 Å². The van der Waals surface area contributed by atoms with Crippen molar-refractivity contribution in [1.29, 1.82) is 0 Å². The number of carbonyl (C=O) groups is 1. The maximum Gasteiger partial charge on any atom is 0.344 e. The largest absolute Gasteiger partial charge is 0.477 e. The van der Waals surface area contributed by atoms with Gasteiger partial charge >= 0.3 is 11.6 Å². The molecular formula is C21H13BrFNO5. The molecule has 6 nitrogen and oxygen atoms in total. The van der Waals surface area contributed by atoms with Crippen LogP contribution in [0.3, 0.4) is 0 Å². The molecule has 0 bridgehead atoms. The maximum atomic E-state index is 14.9. The number of rotatable bonds is 3. The lowest BCUT2D eigenvalue weighted by molar-refractivity contribution is 0.0695. The van der Waals surface area contributed by atoms with Crippen LogP contribution in [0.1, 0.15) is 17.3 Å². The minimum absolute atomic E-state index is 0.00686. The summed E-state index contributed by atoms with van der Waals surface area (Å²) in [4.78, 5) is 36.3. The molecule has 146 valence electrons. The van der Waals surface area contributed by atoms with E-state index in [2.05, 4.69) is 15.9 Å². The van der Waals surface area contributed by atoms with Crippen molar-refractivity contribution in [2.75, 3.05) is 0 Å². The Balaban J connectivity index is 2.06. The first-order chi connectivity index (χ1) is 13.8. The van der Waals surface area contributed by atoms with Gasteiger partial charge in [-0.1, -0.05) is 15.9 Å². The summed E-state index contributed by atoms with van der Waals surface area (Å²) >= 11 is 3.34. The van der Waals surface area contributed by atoms with Crippen LogP contribution in [0.15, 0.2) is 61.1 Å². The normalized spacial score (nSPS) is 11.3. The third-order valence-corrected chi connectivity index (χ3v) is 5.22. The van der Waals surface area contributed by atoms with Crippen molar-refractivity contribution in [1.82, 2.24) is 4.57 Å². The van der Waals surface area contributed by atoms with Crippen molar-refractivity contribution in [3.05, 3.63) is 79.1 Å². The van der Waals surface area contributed by atoms with Gasteiger partial charge in [-0.25, -0.2) is 14.0 Å². The second kappa shape index (κ2) is 6.97. The molecule has 0 atom stereocenters. The summed E-state index contributed by atoms with van der Waals surface area (Å²) in [7, 11) is 0. The van der Waals surface area contributed by atoms with Crippen LogP contribution in [0, 0.1) is 5.82 Å². The van der Waals surface area contributed by atoms with Crippen molar-refractivity contribution in [3.8, 4) is 11.1 Å². The standard InChI is InChI=1S/C21H13BrFNO5/c1-2-24-9-15(20(26)27)19(25)14-7-16(23)12(8-17(14)24)13-6-10-5-11(22)3-4-18(10)29-21(13)28/h3-9H,2H2,1H3,(H,26,27). The highest BCUT2D eigenvalue weighted by molar-refractivity contribution is 9.10. The smallest absolute Gasteiger partial charge is 0.344 e. The zero-order valence-corrected chi connectivity index (χ0v) is 16.6. The zero-order chi connectivity index (χ0) is 20.9. The molecule has 0 radical (unpaired) electrons. The molecule has 4 rings (SSSR count). The van der Waals surface area contributed by atoms with Crippen LogP contribution in [0.5, 0.6) is 0 Å². The van der Waals surface area contributed by atoms with Gasteiger partial charge in [0.1, 0.15) is 17.0 Å². The Morgan fingerprint density at radius 1 is 1.17 bits per heavy atom. The van der Waals surface area contributed by atoms with Crippen molar-refractivity contribution in [3.63, 3.8) is 0 Å². The zero-order valence-electron chi connectivity index (χ0n) is 15.0. The number of aryl methyl sites for hydroxylation is 1. The number of pyridine rings is 1. The van der Waals surface area contributed by atoms with Crippen LogP contribution >= 0.6 is 15.9 Å². The molecule has 0 saturated heterocycles. The Labute approximate surface area is 170 Å². The van der Waals surface area contributed by atoms with E-state index in [1.165, 1.54) is 22.9 Å². The molecule has 0 spiro atoms. The average molecular weight is 458 g/mol. The summed E-state index contributed by atoms with van der Waals surface area (Å²) in [5.74, 6) is -2.20. The van der Waals surface area contributed by atoms with Gasteiger partial charge in [0.2, 0.25) is 5.43 Å². The van der Waals surface area contributed by atoms with Gasteiger partial charge in [0.25, 0.3) is 0 Å². The van der Waals surface area contributed by atoms with Crippen LogP contribution < -0.4 is 11.1 Å². The van der Waals surface area contributed by atoms with E-state index in [1.54, 1.807) is 25.1 Å². The molecule has 0 unspecified atom stereocenters. The lowest BCUT2D eigenvalue weighted by atomic mass is 10.0. The highest BCUT2D eigenvalue weighted by Gasteiger charge is 2.19. The number of benzene rings is 2. The highest BCUT2D eigenvalue weighted by Crippen LogP contribution is 2.28. The van der Waals surface area contributed by atoms with E-state index in [0.717, 1.165) is 10.5 Å². The predicted octanol–water partition coefficient (Wildman–Crippen LogP) is 4.39. The molecule has 0 aliphatic heterocycles. The minimum Gasteiger partial charge on any atom is -0.477 e. The summed E-state index contributed by atoms with van der Waals surface area (Å²) in [5.41, 5.74) is -1.28. The number of halogens is 2. The van der Waals surface area contributed by atoms with Gasteiger partial charge in [0, 0.05) is 33.6 Å². The Morgan fingerprint density at radius 3 is 2.62 bits per heavy atom. The molecule has 0 aliphatic carbocycles. The van der Waals surface area contributed by atoms with Gasteiger partial charge in [-0.15, -0.1) is 0 Å². The average Bonchev–Trinajstić information content (AvgIpc) is 2.68. The number of nitrogens with zero attached hydrogens (tertiary/aromatic N) is 1. The fourth-order valence-corrected chi connectivity index (χ4v) is 3.69. The van der Waals surface area contributed by atoms with E-state index in [1.807, 2.05) is 0 Å². The van der Waals surface area contributed by atoms with Crippen LogP contribution in [-0.2, 0) is 6.54 Å². The maximum absolute atomic E-state index is 14.9. The predicted molar refractivity (Wildman–Crippen MR) is 110 cm³/mol.